The number of aromatic nitrogens is 1. The molecule has 2 aromatic carbocycles. The van der Waals surface area contributed by atoms with E-state index in [0.29, 0.717) is 26.7 Å². The van der Waals surface area contributed by atoms with E-state index in [2.05, 4.69) is 4.98 Å². The first-order valence-electron chi connectivity index (χ1n) is 8.83. The third-order valence-electron chi connectivity index (χ3n) is 4.31. The summed E-state index contributed by atoms with van der Waals surface area (Å²) in [6.07, 6.45) is -1.12. The minimum Gasteiger partial charge on any atom is -0.478 e. The van der Waals surface area contributed by atoms with Crippen LogP contribution in [0.4, 0.5) is 10.1 Å². The van der Waals surface area contributed by atoms with Crippen LogP contribution in [0.25, 0.3) is 10.2 Å². The molecule has 4 rings (SSSR count). The van der Waals surface area contributed by atoms with Crippen LogP contribution < -0.4 is 9.64 Å². The zero-order chi connectivity index (χ0) is 19.7. The second-order valence-corrected chi connectivity index (χ2v) is 7.34. The van der Waals surface area contributed by atoms with Gasteiger partial charge in [0.15, 0.2) is 6.10 Å². The first-order chi connectivity index (χ1) is 13.5. The summed E-state index contributed by atoms with van der Waals surface area (Å²) in [5.41, 5.74) is 1.29. The van der Waals surface area contributed by atoms with Crippen molar-refractivity contribution in [2.75, 3.05) is 11.5 Å². The van der Waals surface area contributed by atoms with Crippen molar-refractivity contribution in [1.82, 2.24) is 4.98 Å². The molecule has 6 nitrogen and oxygen atoms in total. The number of rotatable bonds is 5. The predicted molar refractivity (Wildman–Crippen MR) is 103 cm³/mol. The van der Waals surface area contributed by atoms with Crippen molar-refractivity contribution in [3.63, 3.8) is 0 Å². The molecular formula is C20H17FN2O4S. The molecule has 1 unspecified atom stereocenters. The molecule has 1 aliphatic rings. The van der Waals surface area contributed by atoms with Gasteiger partial charge in [-0.25, -0.2) is 9.37 Å². The Balaban J connectivity index is 1.64. The van der Waals surface area contributed by atoms with Crippen LogP contribution in [-0.4, -0.2) is 29.6 Å². The Kier molecular flexibility index (Phi) is 4.95. The fourth-order valence-electron chi connectivity index (χ4n) is 3.09. The van der Waals surface area contributed by atoms with Crippen LogP contribution >= 0.6 is 11.3 Å². The number of hydrogen-bond donors (Lipinski definition) is 0. The molecule has 0 N–H and O–H groups in total. The van der Waals surface area contributed by atoms with Crippen molar-refractivity contribution in [3.8, 4) is 5.75 Å². The number of carbonyl (C=O) groups excluding carboxylic acids is 2. The first kappa shape index (κ1) is 18.4. The highest BCUT2D eigenvalue weighted by molar-refractivity contribution is 7.18. The fraction of sp³-hybridized carbons (Fsp3) is 0.250. The molecule has 1 aromatic heterocycles. The van der Waals surface area contributed by atoms with Crippen LogP contribution in [0.2, 0.25) is 0 Å². The summed E-state index contributed by atoms with van der Waals surface area (Å²) in [6, 6.07) is 11.5. The maximum Gasteiger partial charge on any atom is 0.310 e. The van der Waals surface area contributed by atoms with Crippen molar-refractivity contribution < 1.29 is 23.5 Å². The number of fused-ring (bicyclic) bond motifs is 2. The van der Waals surface area contributed by atoms with Crippen molar-refractivity contribution in [1.29, 1.82) is 0 Å². The zero-order valence-corrected chi connectivity index (χ0v) is 15.9. The van der Waals surface area contributed by atoms with Gasteiger partial charge in [0.25, 0.3) is 5.91 Å². The lowest BCUT2D eigenvalue weighted by Gasteiger charge is -2.33. The highest BCUT2D eigenvalue weighted by atomic mass is 32.1. The Morgan fingerprint density at radius 2 is 2.14 bits per heavy atom. The van der Waals surface area contributed by atoms with E-state index in [1.54, 1.807) is 36.1 Å². The van der Waals surface area contributed by atoms with Crippen molar-refractivity contribution in [2.45, 2.75) is 26.0 Å². The van der Waals surface area contributed by atoms with E-state index in [9.17, 15) is 14.0 Å². The lowest BCUT2D eigenvalue weighted by atomic mass is 10.1. The normalized spacial score (nSPS) is 16.0. The maximum absolute atomic E-state index is 13.5. The second-order valence-electron chi connectivity index (χ2n) is 6.23. The highest BCUT2D eigenvalue weighted by Crippen LogP contribution is 2.36. The van der Waals surface area contributed by atoms with Crippen LogP contribution in [-0.2, 0) is 20.9 Å². The van der Waals surface area contributed by atoms with Gasteiger partial charge in [-0.05, 0) is 37.3 Å². The quantitative estimate of drug-likeness (QED) is 0.611. The molecule has 3 aromatic rings. The monoisotopic (exact) mass is 400 g/mol. The van der Waals surface area contributed by atoms with E-state index in [0.717, 1.165) is 0 Å². The number of nitrogens with zero attached hydrogens (tertiary/aromatic N) is 2. The summed E-state index contributed by atoms with van der Waals surface area (Å²) < 4.78 is 24.9. The topological polar surface area (TPSA) is 68.7 Å². The molecule has 2 heterocycles. The molecule has 1 atom stereocenters. The number of hydrogen-bond acceptors (Lipinski definition) is 6. The highest BCUT2D eigenvalue weighted by Gasteiger charge is 2.36. The smallest absolute Gasteiger partial charge is 0.310 e. The molecule has 0 saturated heterocycles. The van der Waals surface area contributed by atoms with Gasteiger partial charge >= 0.3 is 5.97 Å². The molecule has 1 aliphatic heterocycles. The summed E-state index contributed by atoms with van der Waals surface area (Å²) in [5, 5.41) is 0.667. The van der Waals surface area contributed by atoms with Gasteiger partial charge in [0.05, 0.1) is 35.5 Å². The van der Waals surface area contributed by atoms with Gasteiger partial charge in [0, 0.05) is 0 Å². The largest absolute Gasteiger partial charge is 0.478 e. The summed E-state index contributed by atoms with van der Waals surface area (Å²) in [6.45, 7) is 2.15. The molecular weight excluding hydrogens is 383 g/mol. The van der Waals surface area contributed by atoms with Crippen molar-refractivity contribution in [3.05, 3.63) is 53.3 Å². The van der Waals surface area contributed by atoms with E-state index >= 15 is 0 Å². The van der Waals surface area contributed by atoms with Crippen LogP contribution in [0.15, 0.2) is 42.5 Å². The molecule has 0 radical (unpaired) electrons. The number of benzene rings is 2. The Morgan fingerprint density at radius 3 is 2.96 bits per heavy atom. The first-order valence-corrected chi connectivity index (χ1v) is 9.64. The average molecular weight is 400 g/mol. The SMILES string of the molecule is CCOC(=O)CC1Oc2ccccc2N(Cc2nc3ccc(F)cc3s2)C1=O. The van der Waals surface area contributed by atoms with Gasteiger partial charge in [0.2, 0.25) is 0 Å². The third kappa shape index (κ3) is 3.55. The molecule has 28 heavy (non-hydrogen) atoms. The van der Waals surface area contributed by atoms with E-state index < -0.39 is 12.1 Å². The van der Waals surface area contributed by atoms with Gasteiger partial charge in [0.1, 0.15) is 16.6 Å². The summed E-state index contributed by atoms with van der Waals surface area (Å²) in [7, 11) is 0. The average Bonchev–Trinajstić information content (AvgIpc) is 3.07. The minimum atomic E-state index is -0.958. The lowest BCUT2D eigenvalue weighted by Crippen LogP contribution is -2.46. The molecule has 0 spiro atoms. The molecule has 144 valence electrons. The van der Waals surface area contributed by atoms with Crippen molar-refractivity contribution >= 4 is 39.1 Å². The van der Waals surface area contributed by atoms with E-state index in [1.165, 1.54) is 23.5 Å². The standard InChI is InChI=1S/C20H17FN2O4S/c1-2-26-19(24)10-16-20(25)23(14-5-3-4-6-15(14)27-16)11-18-22-13-8-7-12(21)9-17(13)28-18/h3-9,16H,2,10-11H2,1H3. The number of thiazole rings is 1. The molecule has 1 amide bonds. The number of anilines is 1. The predicted octanol–water partition coefficient (Wildman–Crippen LogP) is 3.68. The Bertz CT molecular complexity index is 1050. The van der Waals surface area contributed by atoms with Gasteiger partial charge in [-0.1, -0.05) is 12.1 Å². The minimum absolute atomic E-state index is 0.164. The summed E-state index contributed by atoms with van der Waals surface area (Å²) >= 11 is 1.33. The van der Waals surface area contributed by atoms with Gasteiger partial charge in [-0.15, -0.1) is 11.3 Å². The van der Waals surface area contributed by atoms with Crippen LogP contribution in [0.5, 0.6) is 5.75 Å². The van der Waals surface area contributed by atoms with E-state index in [1.807, 2.05) is 6.07 Å². The molecule has 8 heteroatoms. The number of esters is 1. The van der Waals surface area contributed by atoms with Gasteiger partial charge < -0.3 is 9.47 Å². The second kappa shape index (κ2) is 7.55. The number of ether oxygens (including phenoxy) is 2. The maximum atomic E-state index is 13.5. The van der Waals surface area contributed by atoms with Gasteiger partial charge in [-0.3, -0.25) is 14.5 Å². The van der Waals surface area contributed by atoms with Crippen LogP contribution in [0.1, 0.15) is 18.4 Å². The van der Waals surface area contributed by atoms with E-state index in [-0.39, 0.29) is 31.3 Å². The zero-order valence-electron chi connectivity index (χ0n) is 15.1. The van der Waals surface area contributed by atoms with Crippen LogP contribution in [0.3, 0.4) is 0 Å². The number of para-hydroxylation sites is 2. The van der Waals surface area contributed by atoms with Gasteiger partial charge in [-0.2, -0.15) is 0 Å². The lowest BCUT2D eigenvalue weighted by molar-refractivity contribution is -0.147. The third-order valence-corrected chi connectivity index (χ3v) is 5.32. The molecule has 0 fully saturated rings. The Morgan fingerprint density at radius 1 is 1.32 bits per heavy atom. The Labute approximate surface area is 164 Å². The van der Waals surface area contributed by atoms with Crippen molar-refractivity contribution in [2.24, 2.45) is 0 Å². The fourth-order valence-corrected chi connectivity index (χ4v) is 4.07. The molecule has 0 bridgehead atoms. The van der Waals surface area contributed by atoms with Crippen LogP contribution in [0, 0.1) is 5.82 Å². The number of halogens is 1. The molecule has 0 aliphatic carbocycles. The summed E-state index contributed by atoms with van der Waals surface area (Å²) in [5.74, 6) is -0.638. The summed E-state index contributed by atoms with van der Waals surface area (Å²) in [4.78, 5) is 30.9. The number of amides is 1. The molecule has 0 saturated carbocycles. The number of carbonyl (C=O) groups is 2. The Hall–Kier alpha value is -3.00. The van der Waals surface area contributed by atoms with E-state index in [4.69, 9.17) is 9.47 Å².